The second kappa shape index (κ2) is 8.04. The number of nitriles is 1. The number of hydrogen-bond donors (Lipinski definition) is 1. The van der Waals surface area contributed by atoms with Gasteiger partial charge in [-0.1, -0.05) is 0 Å². The molecule has 9 heteroatoms. The maximum absolute atomic E-state index is 10.5. The van der Waals surface area contributed by atoms with Crippen LogP contribution in [0.25, 0.3) is 0 Å². The zero-order chi connectivity index (χ0) is 16.7. The molecule has 1 N–H and O–H groups in total. The van der Waals surface area contributed by atoms with Crippen LogP contribution in [0.4, 0.5) is 11.5 Å². The van der Waals surface area contributed by atoms with Gasteiger partial charge in [0, 0.05) is 6.07 Å². The summed E-state index contributed by atoms with van der Waals surface area (Å²) in [6.45, 7) is -0.00317. The van der Waals surface area contributed by atoms with Gasteiger partial charge in [-0.3, -0.25) is 15.5 Å². The molecule has 0 amide bonds. The Morgan fingerprint density at radius 1 is 1.48 bits per heavy atom. The molecular formula is C14H10IN5O3. The summed E-state index contributed by atoms with van der Waals surface area (Å²) in [5, 5.41) is 23.0. The molecular weight excluding hydrogens is 413 g/mol. The summed E-state index contributed by atoms with van der Waals surface area (Å²) in [6.07, 6.45) is 2.74. The monoisotopic (exact) mass is 423 g/mol. The van der Waals surface area contributed by atoms with Gasteiger partial charge in [0.1, 0.15) is 23.8 Å². The van der Waals surface area contributed by atoms with Gasteiger partial charge in [-0.25, -0.2) is 4.98 Å². The van der Waals surface area contributed by atoms with Crippen LogP contribution in [0, 0.1) is 25.0 Å². The number of pyridine rings is 1. The van der Waals surface area contributed by atoms with E-state index in [4.69, 9.17) is 10.00 Å². The third kappa shape index (κ3) is 4.89. The molecule has 0 bridgehead atoms. The molecule has 0 spiro atoms. The van der Waals surface area contributed by atoms with E-state index in [0.29, 0.717) is 11.6 Å². The van der Waals surface area contributed by atoms with Gasteiger partial charge in [0.05, 0.1) is 14.7 Å². The molecule has 1 aromatic heterocycles. The normalized spacial score (nSPS) is 10.3. The number of benzene rings is 1. The van der Waals surface area contributed by atoms with Crippen molar-refractivity contribution in [3.8, 4) is 11.8 Å². The van der Waals surface area contributed by atoms with Crippen LogP contribution in [0.5, 0.6) is 5.75 Å². The number of hydrazone groups is 1. The van der Waals surface area contributed by atoms with E-state index in [1.165, 1.54) is 12.1 Å². The van der Waals surface area contributed by atoms with Crippen molar-refractivity contribution in [2.45, 2.75) is 0 Å². The topological polar surface area (TPSA) is 113 Å². The molecule has 0 aliphatic heterocycles. The van der Waals surface area contributed by atoms with Crippen LogP contribution in [0.1, 0.15) is 5.56 Å². The summed E-state index contributed by atoms with van der Waals surface area (Å²) >= 11 is 2.11. The summed E-state index contributed by atoms with van der Waals surface area (Å²) in [4.78, 5) is 13.9. The van der Waals surface area contributed by atoms with Crippen LogP contribution < -0.4 is 10.2 Å². The quantitative estimate of drug-likeness (QED) is 0.331. The van der Waals surface area contributed by atoms with Crippen molar-refractivity contribution in [1.82, 2.24) is 4.98 Å². The second-order valence-electron chi connectivity index (χ2n) is 4.17. The van der Waals surface area contributed by atoms with E-state index in [9.17, 15) is 10.1 Å². The molecule has 1 aromatic carbocycles. The number of ether oxygens (including phenoxy) is 1. The largest absolute Gasteiger partial charge is 0.478 e. The van der Waals surface area contributed by atoms with Gasteiger partial charge in [0.25, 0.3) is 5.69 Å². The average molecular weight is 423 g/mol. The van der Waals surface area contributed by atoms with Gasteiger partial charge in [-0.05, 0) is 52.4 Å². The summed E-state index contributed by atoms with van der Waals surface area (Å²) < 4.78 is 6.11. The predicted molar refractivity (Wildman–Crippen MR) is 92.4 cm³/mol. The Morgan fingerprint density at radius 3 is 2.91 bits per heavy atom. The first-order valence-electron chi connectivity index (χ1n) is 6.29. The lowest BCUT2D eigenvalue weighted by Gasteiger charge is -2.05. The van der Waals surface area contributed by atoms with Gasteiger partial charge < -0.3 is 4.74 Å². The molecule has 0 atom stereocenters. The molecule has 2 rings (SSSR count). The lowest BCUT2D eigenvalue weighted by atomic mass is 10.2. The molecule has 0 unspecified atom stereocenters. The molecule has 0 aliphatic carbocycles. The van der Waals surface area contributed by atoms with E-state index >= 15 is 0 Å². The molecule has 0 saturated carbocycles. The fourth-order valence-electron chi connectivity index (χ4n) is 1.56. The first-order chi connectivity index (χ1) is 11.1. The molecule has 0 saturated heterocycles. The Labute approximate surface area is 145 Å². The third-order valence-electron chi connectivity index (χ3n) is 2.60. The van der Waals surface area contributed by atoms with Crippen LogP contribution in [-0.4, -0.2) is 22.7 Å². The van der Waals surface area contributed by atoms with E-state index < -0.39 is 4.92 Å². The van der Waals surface area contributed by atoms with Crippen LogP contribution in [0.3, 0.4) is 0 Å². The highest BCUT2D eigenvalue weighted by Crippen LogP contribution is 2.21. The highest BCUT2D eigenvalue weighted by atomic mass is 127. The smallest absolute Gasteiger partial charge is 0.287 e. The van der Waals surface area contributed by atoms with Gasteiger partial charge >= 0.3 is 0 Å². The summed E-state index contributed by atoms with van der Waals surface area (Å²) in [5.41, 5.74) is 3.43. The lowest BCUT2D eigenvalue weighted by Crippen LogP contribution is -1.97. The van der Waals surface area contributed by atoms with Crippen LogP contribution >= 0.6 is 22.6 Å². The standard InChI is InChI=1S/C14H10IN5O3/c15-12-7-10(1-3-13(12)23-6-5-16)8-18-19-14-4-2-11(9-17-14)20(21)22/h1-4,7-9H,6H2,(H,17,19)/b18-8+. The predicted octanol–water partition coefficient (Wildman–Crippen LogP) is 2.94. The molecule has 116 valence electrons. The molecule has 0 aliphatic rings. The number of hydrogen-bond acceptors (Lipinski definition) is 7. The molecule has 2 aromatic rings. The van der Waals surface area contributed by atoms with Crippen LogP contribution in [0.2, 0.25) is 0 Å². The van der Waals surface area contributed by atoms with Crippen molar-refractivity contribution in [1.29, 1.82) is 5.26 Å². The van der Waals surface area contributed by atoms with Gasteiger partial charge in [0.15, 0.2) is 6.61 Å². The highest BCUT2D eigenvalue weighted by Gasteiger charge is 2.04. The lowest BCUT2D eigenvalue weighted by molar-refractivity contribution is -0.385. The minimum atomic E-state index is -0.516. The number of nitrogens with one attached hydrogen (secondary N) is 1. The van der Waals surface area contributed by atoms with Crippen LogP contribution in [0.15, 0.2) is 41.6 Å². The molecule has 1 heterocycles. The molecule has 0 fully saturated rings. The Hall–Kier alpha value is -2.74. The van der Waals surface area contributed by atoms with E-state index in [1.54, 1.807) is 18.3 Å². The second-order valence-corrected chi connectivity index (χ2v) is 5.33. The molecule has 23 heavy (non-hydrogen) atoms. The number of rotatable bonds is 6. The SMILES string of the molecule is N#CCOc1ccc(/C=N/Nc2ccc([N+](=O)[O-])cn2)cc1I. The van der Waals surface area contributed by atoms with Gasteiger partial charge in [0.2, 0.25) is 0 Å². The van der Waals surface area contributed by atoms with Crippen molar-refractivity contribution in [3.63, 3.8) is 0 Å². The number of nitrogens with zero attached hydrogens (tertiary/aromatic N) is 4. The van der Waals surface area contributed by atoms with E-state index in [-0.39, 0.29) is 12.3 Å². The van der Waals surface area contributed by atoms with E-state index in [2.05, 4.69) is 38.1 Å². The van der Waals surface area contributed by atoms with E-state index in [1.807, 2.05) is 12.1 Å². The Balaban J connectivity index is 1.99. The Kier molecular flexibility index (Phi) is 5.81. The number of aromatic nitrogens is 1. The number of anilines is 1. The summed E-state index contributed by atoms with van der Waals surface area (Å²) in [5.74, 6) is 1.03. The molecule has 8 nitrogen and oxygen atoms in total. The fraction of sp³-hybridized carbons (Fsp3) is 0.0714. The van der Waals surface area contributed by atoms with Gasteiger partial charge in [-0.15, -0.1) is 0 Å². The highest BCUT2D eigenvalue weighted by molar-refractivity contribution is 14.1. The maximum Gasteiger partial charge on any atom is 0.287 e. The third-order valence-corrected chi connectivity index (χ3v) is 3.44. The van der Waals surface area contributed by atoms with Crippen molar-refractivity contribution in [3.05, 3.63) is 55.8 Å². The maximum atomic E-state index is 10.5. The van der Waals surface area contributed by atoms with Crippen molar-refractivity contribution >= 4 is 40.3 Å². The zero-order valence-electron chi connectivity index (χ0n) is 11.6. The van der Waals surface area contributed by atoms with Crippen LogP contribution in [-0.2, 0) is 0 Å². The first kappa shape index (κ1) is 16.6. The Morgan fingerprint density at radius 2 is 2.30 bits per heavy atom. The summed E-state index contributed by atoms with van der Waals surface area (Å²) in [6, 6.07) is 10.1. The summed E-state index contributed by atoms with van der Waals surface area (Å²) in [7, 11) is 0. The number of halogens is 1. The van der Waals surface area contributed by atoms with E-state index in [0.717, 1.165) is 15.3 Å². The minimum absolute atomic E-state index is 0.00317. The zero-order valence-corrected chi connectivity index (χ0v) is 13.8. The van der Waals surface area contributed by atoms with Crippen molar-refractivity contribution < 1.29 is 9.66 Å². The first-order valence-corrected chi connectivity index (χ1v) is 7.37. The minimum Gasteiger partial charge on any atom is -0.478 e. The van der Waals surface area contributed by atoms with Crippen molar-refractivity contribution in [2.24, 2.45) is 5.10 Å². The van der Waals surface area contributed by atoms with Crippen molar-refractivity contribution in [2.75, 3.05) is 12.0 Å². The van der Waals surface area contributed by atoms with Gasteiger partial charge in [-0.2, -0.15) is 10.4 Å². The average Bonchev–Trinajstić information content (AvgIpc) is 2.54. The number of nitro groups is 1. The fourth-order valence-corrected chi connectivity index (χ4v) is 2.25. The Bertz CT molecular complexity index is 771. The molecule has 0 radical (unpaired) electrons.